The lowest BCUT2D eigenvalue weighted by atomic mass is 9.87. The topological polar surface area (TPSA) is 17.1 Å². The highest BCUT2D eigenvalue weighted by atomic mass is 28.3. The average molecular weight is 196 g/mol. The Hall–Kier alpha value is -0.553. The molecule has 74 valence electrons. The summed E-state index contributed by atoms with van der Waals surface area (Å²) in [6, 6.07) is 0. The van der Waals surface area contributed by atoms with Crippen LogP contribution in [0.1, 0.15) is 26.7 Å². The number of aldehydes is 1. The fraction of sp³-hybridized carbons (Fsp3) is 0.727. The second-order valence-corrected chi connectivity index (χ2v) is 10.0. The predicted molar refractivity (Wildman–Crippen MR) is 60.2 cm³/mol. The van der Waals surface area contributed by atoms with Gasteiger partial charge in [0.25, 0.3) is 0 Å². The van der Waals surface area contributed by atoms with Gasteiger partial charge in [0.05, 0.1) is 0 Å². The zero-order chi connectivity index (χ0) is 10.5. The summed E-state index contributed by atoms with van der Waals surface area (Å²) < 4.78 is 0. The van der Waals surface area contributed by atoms with Crippen molar-refractivity contribution in [1.82, 2.24) is 0 Å². The van der Waals surface area contributed by atoms with Crippen molar-refractivity contribution in [3.05, 3.63) is 0 Å². The minimum atomic E-state index is -1.23. The Kier molecular flexibility index (Phi) is 4.42. The van der Waals surface area contributed by atoms with Crippen molar-refractivity contribution in [2.24, 2.45) is 5.41 Å². The van der Waals surface area contributed by atoms with Gasteiger partial charge in [-0.15, -0.1) is 11.5 Å². The van der Waals surface area contributed by atoms with Gasteiger partial charge in [0, 0.05) is 12.8 Å². The summed E-state index contributed by atoms with van der Waals surface area (Å²) in [4.78, 5) is 10.3. The molecular formula is C11H20OSi. The van der Waals surface area contributed by atoms with Gasteiger partial charge < -0.3 is 4.79 Å². The minimum Gasteiger partial charge on any atom is -0.303 e. The van der Waals surface area contributed by atoms with Crippen LogP contribution in [0.5, 0.6) is 0 Å². The van der Waals surface area contributed by atoms with Crippen molar-refractivity contribution in [2.75, 3.05) is 0 Å². The van der Waals surface area contributed by atoms with Crippen molar-refractivity contribution in [1.29, 1.82) is 0 Å². The molecule has 0 spiro atoms. The lowest BCUT2D eigenvalue weighted by Gasteiger charge is -2.17. The minimum absolute atomic E-state index is 0.0500. The Balaban J connectivity index is 4.12. The molecule has 0 saturated heterocycles. The third kappa shape index (κ3) is 7.80. The Morgan fingerprint density at radius 3 is 2.23 bits per heavy atom. The summed E-state index contributed by atoms with van der Waals surface area (Å²) in [7, 11) is -1.23. The van der Waals surface area contributed by atoms with Crippen molar-refractivity contribution >= 4 is 14.4 Å². The van der Waals surface area contributed by atoms with Crippen molar-refractivity contribution in [3.63, 3.8) is 0 Å². The maximum atomic E-state index is 10.3. The van der Waals surface area contributed by atoms with Gasteiger partial charge in [-0.2, -0.15) is 0 Å². The van der Waals surface area contributed by atoms with E-state index in [1.54, 1.807) is 0 Å². The summed E-state index contributed by atoms with van der Waals surface area (Å²) in [5.74, 6) is 3.20. The molecule has 0 atom stereocenters. The van der Waals surface area contributed by atoms with E-state index in [1.165, 1.54) is 0 Å². The molecular weight excluding hydrogens is 176 g/mol. The number of hydrogen-bond acceptors (Lipinski definition) is 1. The van der Waals surface area contributed by atoms with Crippen LogP contribution in [0.15, 0.2) is 0 Å². The van der Waals surface area contributed by atoms with E-state index in [1.807, 2.05) is 0 Å². The molecule has 2 heteroatoms. The summed E-state index contributed by atoms with van der Waals surface area (Å²) >= 11 is 0. The predicted octanol–water partition coefficient (Wildman–Crippen LogP) is 2.87. The Morgan fingerprint density at radius 2 is 1.85 bits per heavy atom. The van der Waals surface area contributed by atoms with Crippen LogP contribution in [0.3, 0.4) is 0 Å². The standard InChI is InChI=1S/C11H20OSi/c1-11(2,8-9-12)7-6-10-13(3,4)5/h9H,7-8H2,1-5H3. The van der Waals surface area contributed by atoms with E-state index in [2.05, 4.69) is 45.0 Å². The van der Waals surface area contributed by atoms with Crippen LogP contribution in [0.4, 0.5) is 0 Å². The van der Waals surface area contributed by atoms with E-state index in [9.17, 15) is 4.79 Å². The molecule has 1 nitrogen and oxygen atoms in total. The Bertz CT molecular complexity index is 225. The third-order valence-corrected chi connectivity index (χ3v) is 2.59. The first-order valence-electron chi connectivity index (χ1n) is 4.70. The first-order chi connectivity index (χ1) is 5.77. The second-order valence-electron chi connectivity index (χ2n) is 5.26. The van der Waals surface area contributed by atoms with Gasteiger partial charge in [-0.3, -0.25) is 0 Å². The van der Waals surface area contributed by atoms with E-state index >= 15 is 0 Å². The summed E-state index contributed by atoms with van der Waals surface area (Å²) in [5.41, 5.74) is 3.36. The van der Waals surface area contributed by atoms with Crippen LogP contribution >= 0.6 is 0 Å². The van der Waals surface area contributed by atoms with Crippen molar-refractivity contribution in [3.8, 4) is 11.5 Å². The van der Waals surface area contributed by atoms with Crippen LogP contribution in [-0.4, -0.2) is 14.4 Å². The molecule has 0 aromatic rings. The molecule has 0 aliphatic carbocycles. The maximum Gasteiger partial charge on any atom is 0.129 e. The number of rotatable bonds is 3. The van der Waals surface area contributed by atoms with Crippen LogP contribution in [0.25, 0.3) is 0 Å². The van der Waals surface area contributed by atoms with Crippen LogP contribution < -0.4 is 0 Å². The Morgan fingerprint density at radius 1 is 1.31 bits per heavy atom. The van der Waals surface area contributed by atoms with Gasteiger partial charge in [-0.25, -0.2) is 0 Å². The fourth-order valence-electron chi connectivity index (χ4n) is 0.846. The molecule has 0 saturated carbocycles. The number of hydrogen-bond donors (Lipinski definition) is 0. The van der Waals surface area contributed by atoms with Crippen molar-refractivity contribution < 1.29 is 4.79 Å². The lowest BCUT2D eigenvalue weighted by molar-refractivity contribution is -0.109. The molecule has 0 aromatic heterocycles. The first-order valence-corrected chi connectivity index (χ1v) is 8.20. The summed E-state index contributed by atoms with van der Waals surface area (Å²) in [6.07, 6.45) is 2.42. The third-order valence-electron chi connectivity index (χ3n) is 1.67. The van der Waals surface area contributed by atoms with Crippen LogP contribution in [0.2, 0.25) is 19.6 Å². The molecule has 0 fully saturated rings. The summed E-state index contributed by atoms with van der Waals surface area (Å²) in [5, 5.41) is 0. The van der Waals surface area contributed by atoms with E-state index in [0.29, 0.717) is 6.42 Å². The molecule has 0 radical (unpaired) electrons. The molecule has 0 rings (SSSR count). The lowest BCUT2D eigenvalue weighted by Crippen LogP contribution is -2.17. The molecule has 0 aliphatic rings. The smallest absolute Gasteiger partial charge is 0.129 e. The quantitative estimate of drug-likeness (QED) is 0.385. The normalized spacial score (nSPS) is 11.8. The van der Waals surface area contributed by atoms with E-state index in [4.69, 9.17) is 0 Å². The van der Waals surface area contributed by atoms with E-state index in [-0.39, 0.29) is 5.41 Å². The molecule has 0 aromatic carbocycles. The SMILES string of the molecule is CC(C)(CC#C[Si](C)(C)C)CC=O. The summed E-state index contributed by atoms with van der Waals surface area (Å²) in [6.45, 7) is 10.9. The molecule has 0 N–H and O–H groups in total. The highest BCUT2D eigenvalue weighted by Crippen LogP contribution is 2.22. The zero-order valence-electron chi connectivity index (χ0n) is 9.40. The highest BCUT2D eigenvalue weighted by molar-refractivity contribution is 6.83. The number of carbonyl (C=O) groups excluding carboxylic acids is 1. The zero-order valence-corrected chi connectivity index (χ0v) is 10.4. The van der Waals surface area contributed by atoms with Gasteiger partial charge >= 0.3 is 0 Å². The second kappa shape index (κ2) is 4.62. The largest absolute Gasteiger partial charge is 0.303 e. The number of carbonyl (C=O) groups is 1. The molecule has 0 heterocycles. The fourth-order valence-corrected chi connectivity index (χ4v) is 1.47. The monoisotopic (exact) mass is 196 g/mol. The molecule has 0 aliphatic heterocycles. The first kappa shape index (κ1) is 12.4. The molecule has 0 bridgehead atoms. The Labute approximate surface area is 82.9 Å². The van der Waals surface area contributed by atoms with Gasteiger partial charge in [0.2, 0.25) is 0 Å². The molecule has 0 amide bonds. The van der Waals surface area contributed by atoms with Crippen LogP contribution in [-0.2, 0) is 4.79 Å². The van der Waals surface area contributed by atoms with Crippen LogP contribution in [0, 0.1) is 16.9 Å². The van der Waals surface area contributed by atoms with Gasteiger partial charge in [-0.1, -0.05) is 33.5 Å². The van der Waals surface area contributed by atoms with Gasteiger partial charge in [0.1, 0.15) is 14.4 Å². The van der Waals surface area contributed by atoms with E-state index < -0.39 is 8.07 Å². The molecule has 13 heavy (non-hydrogen) atoms. The van der Waals surface area contributed by atoms with Crippen molar-refractivity contribution in [2.45, 2.75) is 46.3 Å². The maximum absolute atomic E-state index is 10.3. The van der Waals surface area contributed by atoms with Gasteiger partial charge in [0.15, 0.2) is 0 Å². The molecule has 0 unspecified atom stereocenters. The van der Waals surface area contributed by atoms with E-state index in [0.717, 1.165) is 12.7 Å². The highest BCUT2D eigenvalue weighted by Gasteiger charge is 2.15. The van der Waals surface area contributed by atoms with Gasteiger partial charge in [-0.05, 0) is 5.41 Å². The average Bonchev–Trinajstić information content (AvgIpc) is 1.82.